The van der Waals surface area contributed by atoms with Crippen molar-refractivity contribution in [3.63, 3.8) is 0 Å². The lowest BCUT2D eigenvalue weighted by atomic mass is 10.3. The molecular weight excluding hydrogens is 275 g/mol. The predicted octanol–water partition coefficient (Wildman–Crippen LogP) is 3.25. The summed E-state index contributed by atoms with van der Waals surface area (Å²) in [6.45, 7) is 0.412. The van der Waals surface area contributed by atoms with Crippen molar-refractivity contribution in [3.8, 4) is 0 Å². The highest BCUT2D eigenvalue weighted by Crippen LogP contribution is 2.23. The maximum absolute atomic E-state index is 13.6. The molecule has 0 atom stereocenters. The zero-order chi connectivity index (χ0) is 13.1. The standard InChI is InChI=1S/C12H10ClFN2OS/c13-9-2-1-3-10(11(9)14)16-5-8-4-7(6-18-8)12(15)17/h1-4,6,16H,5H2,(H2,15,17). The van der Waals surface area contributed by atoms with Gasteiger partial charge in [0.25, 0.3) is 0 Å². The summed E-state index contributed by atoms with van der Waals surface area (Å²) < 4.78 is 13.6. The third kappa shape index (κ3) is 2.80. The fraction of sp³-hybridized carbons (Fsp3) is 0.0833. The lowest BCUT2D eigenvalue weighted by molar-refractivity contribution is 0.100. The van der Waals surface area contributed by atoms with Crippen LogP contribution in [-0.2, 0) is 6.54 Å². The largest absolute Gasteiger partial charge is 0.378 e. The summed E-state index contributed by atoms with van der Waals surface area (Å²) >= 11 is 7.06. The molecule has 0 spiro atoms. The molecule has 0 aliphatic carbocycles. The number of nitrogens with two attached hydrogens (primary N) is 1. The van der Waals surface area contributed by atoms with Crippen molar-refractivity contribution >= 4 is 34.5 Å². The first-order valence-electron chi connectivity index (χ1n) is 5.13. The number of hydrogen-bond donors (Lipinski definition) is 2. The summed E-state index contributed by atoms with van der Waals surface area (Å²) in [7, 11) is 0. The summed E-state index contributed by atoms with van der Waals surface area (Å²) in [4.78, 5) is 11.8. The molecule has 0 bridgehead atoms. The first kappa shape index (κ1) is 12.9. The van der Waals surface area contributed by atoms with Crippen molar-refractivity contribution in [1.29, 1.82) is 0 Å². The molecule has 0 saturated carbocycles. The summed E-state index contributed by atoms with van der Waals surface area (Å²) in [6.07, 6.45) is 0. The minimum Gasteiger partial charge on any atom is -0.378 e. The number of nitrogens with one attached hydrogen (secondary N) is 1. The van der Waals surface area contributed by atoms with Gasteiger partial charge in [-0.2, -0.15) is 0 Å². The Kier molecular flexibility index (Phi) is 3.84. The summed E-state index contributed by atoms with van der Waals surface area (Å²) in [6, 6.07) is 6.43. The van der Waals surface area contributed by atoms with E-state index < -0.39 is 11.7 Å². The second-order valence-electron chi connectivity index (χ2n) is 3.62. The van der Waals surface area contributed by atoms with Gasteiger partial charge in [0.05, 0.1) is 16.3 Å². The van der Waals surface area contributed by atoms with E-state index in [-0.39, 0.29) is 5.02 Å². The average molecular weight is 285 g/mol. The van der Waals surface area contributed by atoms with Gasteiger partial charge in [0, 0.05) is 16.8 Å². The molecule has 0 aliphatic heterocycles. The van der Waals surface area contributed by atoms with Gasteiger partial charge in [-0.25, -0.2) is 4.39 Å². The van der Waals surface area contributed by atoms with Crippen LogP contribution in [0.1, 0.15) is 15.2 Å². The van der Waals surface area contributed by atoms with Crippen LogP contribution >= 0.6 is 22.9 Å². The molecule has 1 amide bonds. The van der Waals surface area contributed by atoms with Gasteiger partial charge in [-0.05, 0) is 18.2 Å². The number of carbonyl (C=O) groups excluding carboxylic acids is 1. The van der Waals surface area contributed by atoms with E-state index in [1.54, 1.807) is 23.6 Å². The van der Waals surface area contributed by atoms with E-state index in [0.29, 0.717) is 17.8 Å². The normalized spacial score (nSPS) is 10.3. The fourth-order valence-electron chi connectivity index (χ4n) is 1.43. The van der Waals surface area contributed by atoms with Crippen LogP contribution in [0, 0.1) is 5.82 Å². The van der Waals surface area contributed by atoms with Gasteiger partial charge >= 0.3 is 0 Å². The van der Waals surface area contributed by atoms with Gasteiger partial charge in [-0.15, -0.1) is 11.3 Å². The second-order valence-corrected chi connectivity index (χ2v) is 5.02. The average Bonchev–Trinajstić information content (AvgIpc) is 2.80. The second kappa shape index (κ2) is 5.37. The van der Waals surface area contributed by atoms with Gasteiger partial charge in [-0.3, -0.25) is 4.79 Å². The highest BCUT2D eigenvalue weighted by atomic mass is 35.5. The van der Waals surface area contributed by atoms with Crippen molar-refractivity contribution in [2.45, 2.75) is 6.54 Å². The molecule has 0 unspecified atom stereocenters. The minimum absolute atomic E-state index is 0.0732. The molecule has 18 heavy (non-hydrogen) atoms. The van der Waals surface area contributed by atoms with Crippen LogP contribution in [0.15, 0.2) is 29.6 Å². The third-order valence-electron chi connectivity index (χ3n) is 2.34. The number of primary amides is 1. The van der Waals surface area contributed by atoms with Gasteiger partial charge in [0.1, 0.15) is 0 Å². The van der Waals surface area contributed by atoms with Crippen LogP contribution in [0.25, 0.3) is 0 Å². The SMILES string of the molecule is NC(=O)c1csc(CNc2cccc(Cl)c2F)c1. The van der Waals surface area contributed by atoms with E-state index in [2.05, 4.69) is 5.32 Å². The quantitative estimate of drug-likeness (QED) is 0.905. The van der Waals surface area contributed by atoms with Crippen molar-refractivity contribution in [2.24, 2.45) is 5.73 Å². The van der Waals surface area contributed by atoms with E-state index in [0.717, 1.165) is 4.88 Å². The molecule has 1 heterocycles. The number of anilines is 1. The maximum Gasteiger partial charge on any atom is 0.249 e. The van der Waals surface area contributed by atoms with Crippen LogP contribution in [0.3, 0.4) is 0 Å². The number of halogens is 2. The van der Waals surface area contributed by atoms with Gasteiger partial charge < -0.3 is 11.1 Å². The molecule has 3 nitrogen and oxygen atoms in total. The topological polar surface area (TPSA) is 55.1 Å². The van der Waals surface area contributed by atoms with Crippen LogP contribution in [0.4, 0.5) is 10.1 Å². The number of benzene rings is 1. The zero-order valence-corrected chi connectivity index (χ0v) is 10.8. The number of hydrogen-bond acceptors (Lipinski definition) is 3. The Bertz CT molecular complexity index is 585. The van der Waals surface area contributed by atoms with E-state index in [4.69, 9.17) is 17.3 Å². The molecule has 94 valence electrons. The fourth-order valence-corrected chi connectivity index (χ4v) is 2.41. The van der Waals surface area contributed by atoms with Crippen molar-refractivity contribution in [2.75, 3.05) is 5.32 Å². The number of thiophene rings is 1. The Balaban J connectivity index is 2.07. The summed E-state index contributed by atoms with van der Waals surface area (Å²) in [5, 5.41) is 4.67. The van der Waals surface area contributed by atoms with Gasteiger partial charge in [0.2, 0.25) is 5.91 Å². The van der Waals surface area contributed by atoms with Crippen molar-refractivity contribution < 1.29 is 9.18 Å². The Hall–Kier alpha value is -1.59. The van der Waals surface area contributed by atoms with Crippen LogP contribution < -0.4 is 11.1 Å². The number of amides is 1. The highest BCUT2D eigenvalue weighted by Gasteiger charge is 2.07. The third-order valence-corrected chi connectivity index (χ3v) is 3.57. The number of rotatable bonds is 4. The van der Waals surface area contributed by atoms with E-state index >= 15 is 0 Å². The molecule has 1 aromatic heterocycles. The molecule has 2 aromatic rings. The molecule has 3 N–H and O–H groups in total. The maximum atomic E-state index is 13.6. The first-order chi connectivity index (χ1) is 8.58. The Morgan fingerprint density at radius 3 is 2.94 bits per heavy atom. The molecule has 0 aliphatic rings. The Morgan fingerprint density at radius 2 is 2.28 bits per heavy atom. The lowest BCUT2D eigenvalue weighted by Gasteiger charge is -2.06. The Morgan fingerprint density at radius 1 is 1.50 bits per heavy atom. The minimum atomic E-state index is -0.481. The summed E-state index contributed by atoms with van der Waals surface area (Å²) in [5.74, 6) is -0.947. The van der Waals surface area contributed by atoms with Gasteiger partial charge in [-0.1, -0.05) is 17.7 Å². The molecule has 2 rings (SSSR count). The van der Waals surface area contributed by atoms with Gasteiger partial charge in [0.15, 0.2) is 5.82 Å². The lowest BCUT2D eigenvalue weighted by Crippen LogP contribution is -2.09. The van der Waals surface area contributed by atoms with Crippen LogP contribution in [-0.4, -0.2) is 5.91 Å². The zero-order valence-electron chi connectivity index (χ0n) is 9.24. The van der Waals surface area contributed by atoms with Crippen molar-refractivity contribution in [3.05, 3.63) is 50.9 Å². The molecule has 0 fully saturated rings. The van der Waals surface area contributed by atoms with Crippen molar-refractivity contribution in [1.82, 2.24) is 0 Å². The van der Waals surface area contributed by atoms with E-state index in [9.17, 15) is 9.18 Å². The predicted molar refractivity (Wildman–Crippen MR) is 71.6 cm³/mol. The molecule has 0 saturated heterocycles. The number of carbonyl (C=O) groups is 1. The monoisotopic (exact) mass is 284 g/mol. The highest BCUT2D eigenvalue weighted by molar-refractivity contribution is 7.10. The molecule has 1 aromatic carbocycles. The molecule has 6 heteroatoms. The first-order valence-corrected chi connectivity index (χ1v) is 6.39. The Labute approximate surface area is 112 Å². The van der Waals surface area contributed by atoms with E-state index in [1.807, 2.05) is 0 Å². The van der Waals surface area contributed by atoms with E-state index in [1.165, 1.54) is 17.4 Å². The molecular formula is C12H10ClFN2OS. The smallest absolute Gasteiger partial charge is 0.249 e. The summed E-state index contributed by atoms with van der Waals surface area (Å²) in [5.41, 5.74) is 5.94. The van der Waals surface area contributed by atoms with Crippen LogP contribution in [0.2, 0.25) is 5.02 Å². The van der Waals surface area contributed by atoms with Crippen LogP contribution in [0.5, 0.6) is 0 Å². The molecule has 0 radical (unpaired) electrons.